The van der Waals surface area contributed by atoms with Crippen molar-refractivity contribution in [3.8, 4) is 5.75 Å². The highest BCUT2D eigenvalue weighted by molar-refractivity contribution is 5.97. The highest BCUT2D eigenvalue weighted by Gasteiger charge is 2.20. The number of hydrogen-bond donors (Lipinski definition) is 1. The Hall–Kier alpha value is -3.81. The van der Waals surface area contributed by atoms with E-state index >= 15 is 0 Å². The van der Waals surface area contributed by atoms with Gasteiger partial charge >= 0.3 is 11.9 Å². The highest BCUT2D eigenvalue weighted by Crippen LogP contribution is 2.29. The van der Waals surface area contributed by atoms with Gasteiger partial charge in [-0.1, -0.05) is 12.1 Å². The summed E-state index contributed by atoms with van der Waals surface area (Å²) in [7, 11) is 2.86. The SMILES string of the molecule is COC(=O)c1ccc(CNC(=O)COC(=O)c2oc3ccc(OC)cc3c2C)cc1. The van der Waals surface area contributed by atoms with E-state index in [1.165, 1.54) is 7.11 Å². The Labute approximate surface area is 172 Å². The van der Waals surface area contributed by atoms with Crippen molar-refractivity contribution in [1.82, 2.24) is 5.32 Å². The van der Waals surface area contributed by atoms with Crippen LogP contribution in [0.15, 0.2) is 46.9 Å². The van der Waals surface area contributed by atoms with E-state index < -0.39 is 24.5 Å². The summed E-state index contributed by atoms with van der Waals surface area (Å²) in [6.45, 7) is 1.51. The first-order chi connectivity index (χ1) is 14.4. The molecule has 30 heavy (non-hydrogen) atoms. The van der Waals surface area contributed by atoms with Gasteiger partial charge in [0.15, 0.2) is 6.61 Å². The molecule has 0 atom stereocenters. The third kappa shape index (κ3) is 4.60. The number of furan rings is 1. The molecule has 1 N–H and O–H groups in total. The predicted octanol–water partition coefficient (Wildman–Crippen LogP) is 3.01. The van der Waals surface area contributed by atoms with E-state index in [1.54, 1.807) is 56.5 Å². The lowest BCUT2D eigenvalue weighted by Gasteiger charge is -2.07. The van der Waals surface area contributed by atoms with Crippen molar-refractivity contribution in [2.75, 3.05) is 20.8 Å². The van der Waals surface area contributed by atoms with Crippen molar-refractivity contribution in [1.29, 1.82) is 0 Å². The molecule has 1 heterocycles. The summed E-state index contributed by atoms with van der Waals surface area (Å²) in [5.41, 5.74) is 2.34. The van der Waals surface area contributed by atoms with Crippen LogP contribution in [0.3, 0.4) is 0 Å². The minimum absolute atomic E-state index is 0.0458. The molecule has 3 aromatic rings. The summed E-state index contributed by atoms with van der Waals surface area (Å²) in [6.07, 6.45) is 0. The number of nitrogens with one attached hydrogen (secondary N) is 1. The molecule has 0 spiro atoms. The van der Waals surface area contributed by atoms with E-state index in [9.17, 15) is 14.4 Å². The Bertz CT molecular complexity index is 1080. The Morgan fingerprint density at radius 1 is 1.00 bits per heavy atom. The molecule has 0 bridgehead atoms. The second kappa shape index (κ2) is 9.13. The lowest BCUT2D eigenvalue weighted by Crippen LogP contribution is -2.28. The number of carbonyl (C=O) groups is 3. The predicted molar refractivity (Wildman–Crippen MR) is 107 cm³/mol. The number of carbonyl (C=O) groups excluding carboxylic acids is 3. The van der Waals surface area contributed by atoms with Gasteiger partial charge in [-0.05, 0) is 42.8 Å². The van der Waals surface area contributed by atoms with E-state index in [4.69, 9.17) is 13.9 Å². The maximum atomic E-state index is 12.3. The van der Waals surface area contributed by atoms with E-state index in [1.807, 2.05) is 0 Å². The smallest absolute Gasteiger partial charge is 0.375 e. The molecule has 0 aliphatic heterocycles. The van der Waals surface area contributed by atoms with Gasteiger partial charge in [0.05, 0.1) is 19.8 Å². The van der Waals surface area contributed by atoms with Crippen LogP contribution in [-0.2, 0) is 20.8 Å². The molecule has 8 nitrogen and oxygen atoms in total. The Morgan fingerprint density at radius 3 is 2.40 bits per heavy atom. The molecule has 0 saturated heterocycles. The van der Waals surface area contributed by atoms with Gasteiger partial charge in [0, 0.05) is 17.5 Å². The number of amides is 1. The maximum Gasteiger partial charge on any atom is 0.375 e. The van der Waals surface area contributed by atoms with Crippen LogP contribution in [0.2, 0.25) is 0 Å². The van der Waals surface area contributed by atoms with Gasteiger partial charge in [-0.25, -0.2) is 9.59 Å². The van der Waals surface area contributed by atoms with Crippen molar-refractivity contribution in [3.05, 3.63) is 64.9 Å². The molecular formula is C22H21NO7. The normalized spacial score (nSPS) is 10.5. The van der Waals surface area contributed by atoms with Crippen LogP contribution in [0.5, 0.6) is 5.75 Å². The topological polar surface area (TPSA) is 104 Å². The van der Waals surface area contributed by atoms with Crippen molar-refractivity contribution in [2.24, 2.45) is 0 Å². The molecule has 0 aliphatic rings. The summed E-state index contributed by atoms with van der Waals surface area (Å²) in [5, 5.41) is 3.38. The fraction of sp³-hybridized carbons (Fsp3) is 0.227. The number of fused-ring (bicyclic) bond motifs is 1. The number of aryl methyl sites for hydroxylation is 1. The van der Waals surface area contributed by atoms with Crippen LogP contribution < -0.4 is 10.1 Å². The average Bonchev–Trinajstić information content (AvgIpc) is 3.11. The molecule has 3 rings (SSSR count). The maximum absolute atomic E-state index is 12.3. The second-order valence-corrected chi connectivity index (χ2v) is 6.46. The van der Waals surface area contributed by atoms with Crippen molar-refractivity contribution in [2.45, 2.75) is 13.5 Å². The summed E-state index contributed by atoms with van der Waals surface area (Å²) in [6, 6.07) is 11.8. The summed E-state index contributed by atoms with van der Waals surface area (Å²) in [4.78, 5) is 35.7. The van der Waals surface area contributed by atoms with Gasteiger partial charge in [0.25, 0.3) is 5.91 Å². The highest BCUT2D eigenvalue weighted by atomic mass is 16.5. The Morgan fingerprint density at radius 2 is 1.73 bits per heavy atom. The molecule has 1 aromatic heterocycles. The van der Waals surface area contributed by atoms with E-state index in [0.29, 0.717) is 22.5 Å². The quantitative estimate of drug-likeness (QED) is 0.596. The zero-order valence-electron chi connectivity index (χ0n) is 16.8. The van der Waals surface area contributed by atoms with Crippen molar-refractivity contribution >= 4 is 28.8 Å². The minimum Gasteiger partial charge on any atom is -0.497 e. The third-order valence-corrected chi connectivity index (χ3v) is 4.53. The number of methoxy groups -OCH3 is 2. The first-order valence-corrected chi connectivity index (χ1v) is 9.11. The molecule has 0 saturated carbocycles. The number of hydrogen-bond acceptors (Lipinski definition) is 7. The van der Waals surface area contributed by atoms with Gasteiger partial charge in [-0.3, -0.25) is 4.79 Å². The summed E-state index contributed by atoms with van der Waals surface area (Å²) in [5.74, 6) is -0.928. The fourth-order valence-corrected chi connectivity index (χ4v) is 2.85. The van der Waals surface area contributed by atoms with Crippen LogP contribution in [-0.4, -0.2) is 38.7 Å². The lowest BCUT2D eigenvalue weighted by molar-refractivity contribution is -0.124. The zero-order valence-corrected chi connectivity index (χ0v) is 16.8. The average molecular weight is 411 g/mol. The first kappa shape index (κ1) is 20.9. The summed E-state index contributed by atoms with van der Waals surface area (Å²) >= 11 is 0. The number of esters is 2. The number of rotatable bonds is 7. The van der Waals surface area contributed by atoms with Crippen molar-refractivity contribution < 1.29 is 33.0 Å². The van der Waals surface area contributed by atoms with Gasteiger partial charge in [0.1, 0.15) is 11.3 Å². The van der Waals surface area contributed by atoms with Crippen LogP contribution in [0.25, 0.3) is 11.0 Å². The number of ether oxygens (including phenoxy) is 3. The number of benzene rings is 2. The Kier molecular flexibility index (Phi) is 6.36. The van der Waals surface area contributed by atoms with E-state index in [0.717, 1.165) is 10.9 Å². The van der Waals surface area contributed by atoms with Gasteiger partial charge < -0.3 is 23.9 Å². The van der Waals surface area contributed by atoms with Crippen LogP contribution >= 0.6 is 0 Å². The first-order valence-electron chi connectivity index (χ1n) is 9.11. The van der Waals surface area contributed by atoms with Gasteiger partial charge in [0.2, 0.25) is 5.76 Å². The third-order valence-electron chi connectivity index (χ3n) is 4.53. The standard InChI is InChI=1S/C22H21NO7/c1-13-17-10-16(27-2)8-9-18(17)30-20(13)22(26)29-12-19(24)23-11-14-4-6-15(7-5-14)21(25)28-3/h4-10H,11-12H2,1-3H3,(H,23,24). The molecule has 8 heteroatoms. The molecule has 0 aliphatic carbocycles. The zero-order chi connectivity index (χ0) is 21.7. The van der Waals surface area contributed by atoms with E-state index in [2.05, 4.69) is 10.1 Å². The second-order valence-electron chi connectivity index (χ2n) is 6.46. The van der Waals surface area contributed by atoms with Crippen LogP contribution in [0, 0.1) is 6.92 Å². The molecule has 0 fully saturated rings. The molecule has 156 valence electrons. The summed E-state index contributed by atoms with van der Waals surface area (Å²) < 4.78 is 20.4. The molecule has 0 radical (unpaired) electrons. The van der Waals surface area contributed by atoms with Crippen LogP contribution in [0.4, 0.5) is 0 Å². The minimum atomic E-state index is -0.722. The Balaban J connectivity index is 1.54. The molecule has 0 unspecified atom stereocenters. The molecular weight excluding hydrogens is 390 g/mol. The largest absolute Gasteiger partial charge is 0.497 e. The van der Waals surface area contributed by atoms with Crippen LogP contribution in [0.1, 0.15) is 32.0 Å². The van der Waals surface area contributed by atoms with Gasteiger partial charge in [-0.2, -0.15) is 0 Å². The monoisotopic (exact) mass is 411 g/mol. The van der Waals surface area contributed by atoms with Crippen molar-refractivity contribution in [3.63, 3.8) is 0 Å². The lowest BCUT2D eigenvalue weighted by atomic mass is 10.1. The fourth-order valence-electron chi connectivity index (χ4n) is 2.85. The van der Waals surface area contributed by atoms with E-state index in [-0.39, 0.29) is 12.3 Å². The molecule has 1 amide bonds. The van der Waals surface area contributed by atoms with Gasteiger partial charge in [-0.15, -0.1) is 0 Å². The molecule has 2 aromatic carbocycles.